The van der Waals surface area contributed by atoms with Gasteiger partial charge < -0.3 is 15.0 Å². The molecule has 6 nitrogen and oxygen atoms in total. The molecule has 1 heterocycles. The summed E-state index contributed by atoms with van der Waals surface area (Å²) in [5, 5.41) is 7.58. The fourth-order valence-electron chi connectivity index (χ4n) is 2.59. The first kappa shape index (κ1) is 16.6. The SMILES string of the molecule is CCOc1c(Cl)cccc1NC(=O)N(Cc1cnn(C)c1)C1CC1. The van der Waals surface area contributed by atoms with Gasteiger partial charge in [-0.05, 0) is 31.9 Å². The highest BCUT2D eigenvalue weighted by Crippen LogP contribution is 2.34. The number of nitrogens with zero attached hydrogens (tertiary/aromatic N) is 3. The summed E-state index contributed by atoms with van der Waals surface area (Å²) in [5.74, 6) is 0.507. The summed E-state index contributed by atoms with van der Waals surface area (Å²) >= 11 is 6.18. The Bertz CT molecular complexity index is 727. The lowest BCUT2D eigenvalue weighted by Crippen LogP contribution is -2.36. The molecule has 0 atom stereocenters. The summed E-state index contributed by atoms with van der Waals surface area (Å²) in [6.07, 6.45) is 5.77. The monoisotopic (exact) mass is 348 g/mol. The summed E-state index contributed by atoms with van der Waals surface area (Å²) in [4.78, 5) is 14.6. The summed E-state index contributed by atoms with van der Waals surface area (Å²) in [5.41, 5.74) is 1.60. The highest BCUT2D eigenvalue weighted by Gasteiger charge is 2.33. The average Bonchev–Trinajstić information content (AvgIpc) is 3.30. The molecule has 1 aliphatic carbocycles. The van der Waals surface area contributed by atoms with Crippen molar-refractivity contribution in [1.29, 1.82) is 0 Å². The number of hydrogen-bond donors (Lipinski definition) is 1. The fraction of sp³-hybridized carbons (Fsp3) is 0.412. The van der Waals surface area contributed by atoms with Gasteiger partial charge in [0.05, 0.1) is 30.1 Å². The highest BCUT2D eigenvalue weighted by molar-refractivity contribution is 6.32. The van der Waals surface area contributed by atoms with Crippen molar-refractivity contribution in [2.75, 3.05) is 11.9 Å². The Labute approximate surface area is 146 Å². The van der Waals surface area contributed by atoms with E-state index in [-0.39, 0.29) is 12.1 Å². The van der Waals surface area contributed by atoms with Gasteiger partial charge in [-0.1, -0.05) is 17.7 Å². The molecule has 0 radical (unpaired) electrons. The van der Waals surface area contributed by atoms with Gasteiger partial charge >= 0.3 is 6.03 Å². The maximum absolute atomic E-state index is 12.8. The van der Waals surface area contributed by atoms with Gasteiger partial charge in [-0.15, -0.1) is 0 Å². The predicted octanol–water partition coefficient (Wildman–Crippen LogP) is 3.67. The Morgan fingerprint density at radius 1 is 1.50 bits per heavy atom. The lowest BCUT2D eigenvalue weighted by molar-refractivity contribution is 0.206. The molecule has 0 saturated heterocycles. The number of aryl methyl sites for hydroxylation is 1. The van der Waals surface area contributed by atoms with Crippen LogP contribution in [-0.2, 0) is 13.6 Å². The molecule has 1 aromatic carbocycles. The van der Waals surface area contributed by atoms with E-state index in [2.05, 4.69) is 10.4 Å². The highest BCUT2D eigenvalue weighted by atomic mass is 35.5. The van der Waals surface area contributed by atoms with Crippen LogP contribution in [0.1, 0.15) is 25.3 Å². The third-order valence-corrected chi connectivity index (χ3v) is 4.15. The molecule has 3 rings (SSSR count). The molecule has 7 heteroatoms. The van der Waals surface area contributed by atoms with Crippen LogP contribution in [0.5, 0.6) is 5.75 Å². The van der Waals surface area contributed by atoms with Gasteiger partial charge in [0, 0.05) is 24.8 Å². The first-order valence-electron chi connectivity index (χ1n) is 8.05. The van der Waals surface area contributed by atoms with Gasteiger partial charge in [-0.25, -0.2) is 4.79 Å². The zero-order chi connectivity index (χ0) is 17.1. The van der Waals surface area contributed by atoms with Crippen molar-refractivity contribution < 1.29 is 9.53 Å². The molecule has 0 spiro atoms. The van der Waals surface area contributed by atoms with E-state index in [9.17, 15) is 4.79 Å². The van der Waals surface area contributed by atoms with Gasteiger partial charge in [-0.3, -0.25) is 4.68 Å². The zero-order valence-corrected chi connectivity index (χ0v) is 14.6. The normalized spacial score (nSPS) is 13.6. The molecular formula is C17H21ClN4O2. The van der Waals surface area contributed by atoms with Crippen molar-refractivity contribution >= 4 is 23.3 Å². The van der Waals surface area contributed by atoms with Gasteiger partial charge in [0.25, 0.3) is 0 Å². The second-order valence-corrected chi connectivity index (χ2v) is 6.27. The lowest BCUT2D eigenvalue weighted by atomic mass is 10.3. The maximum atomic E-state index is 12.8. The minimum Gasteiger partial charge on any atom is -0.490 e. The van der Waals surface area contributed by atoms with Crippen LogP contribution in [0.4, 0.5) is 10.5 Å². The molecule has 2 amide bonds. The van der Waals surface area contributed by atoms with E-state index in [1.165, 1.54) is 0 Å². The number of benzene rings is 1. The van der Waals surface area contributed by atoms with Crippen LogP contribution in [0, 0.1) is 0 Å². The number of anilines is 1. The number of nitrogens with one attached hydrogen (secondary N) is 1. The van der Waals surface area contributed by atoms with E-state index >= 15 is 0 Å². The zero-order valence-electron chi connectivity index (χ0n) is 13.8. The van der Waals surface area contributed by atoms with E-state index in [4.69, 9.17) is 16.3 Å². The molecule has 1 saturated carbocycles. The van der Waals surface area contributed by atoms with E-state index in [1.54, 1.807) is 29.1 Å². The minimum absolute atomic E-state index is 0.149. The molecule has 2 aromatic rings. The van der Waals surface area contributed by atoms with Crippen LogP contribution in [-0.4, -0.2) is 33.4 Å². The van der Waals surface area contributed by atoms with Crippen molar-refractivity contribution in [3.05, 3.63) is 41.2 Å². The molecule has 1 aliphatic rings. The number of carbonyl (C=O) groups excluding carboxylic acids is 1. The van der Waals surface area contributed by atoms with E-state index < -0.39 is 0 Å². The number of carbonyl (C=O) groups is 1. The molecule has 1 N–H and O–H groups in total. The van der Waals surface area contributed by atoms with Gasteiger partial charge in [0.15, 0.2) is 5.75 Å². The lowest BCUT2D eigenvalue weighted by Gasteiger charge is -2.23. The van der Waals surface area contributed by atoms with Crippen molar-refractivity contribution in [3.8, 4) is 5.75 Å². The number of aromatic nitrogens is 2. The van der Waals surface area contributed by atoms with Gasteiger partial charge in [-0.2, -0.15) is 5.10 Å². The van der Waals surface area contributed by atoms with Gasteiger partial charge in [0.2, 0.25) is 0 Å². The molecule has 0 bridgehead atoms. The smallest absolute Gasteiger partial charge is 0.322 e. The summed E-state index contributed by atoms with van der Waals surface area (Å²) in [7, 11) is 1.87. The van der Waals surface area contributed by atoms with Crippen molar-refractivity contribution in [2.45, 2.75) is 32.4 Å². The van der Waals surface area contributed by atoms with Crippen molar-refractivity contribution in [1.82, 2.24) is 14.7 Å². The van der Waals surface area contributed by atoms with E-state index in [1.807, 2.05) is 25.1 Å². The van der Waals surface area contributed by atoms with Crippen LogP contribution < -0.4 is 10.1 Å². The van der Waals surface area contributed by atoms with Crippen LogP contribution >= 0.6 is 11.6 Å². The summed E-state index contributed by atoms with van der Waals surface area (Å²) in [6, 6.07) is 5.47. The minimum atomic E-state index is -0.149. The predicted molar refractivity (Wildman–Crippen MR) is 93.4 cm³/mol. The summed E-state index contributed by atoms with van der Waals surface area (Å²) < 4.78 is 7.31. The van der Waals surface area contributed by atoms with Crippen molar-refractivity contribution in [3.63, 3.8) is 0 Å². The standard InChI is InChI=1S/C17H21ClN4O2/c1-3-24-16-14(18)5-4-6-15(16)20-17(23)22(13-7-8-13)11-12-9-19-21(2)10-12/h4-6,9-10,13H,3,7-8,11H2,1-2H3,(H,20,23). The van der Waals surface area contributed by atoms with E-state index in [0.717, 1.165) is 18.4 Å². The second kappa shape index (κ2) is 7.13. The third kappa shape index (κ3) is 3.82. The molecule has 128 valence electrons. The quantitative estimate of drug-likeness (QED) is 0.866. The fourth-order valence-corrected chi connectivity index (χ4v) is 2.82. The number of hydrogen-bond acceptors (Lipinski definition) is 3. The molecule has 0 aliphatic heterocycles. The van der Waals surface area contributed by atoms with Gasteiger partial charge in [0.1, 0.15) is 0 Å². The molecule has 1 fully saturated rings. The average molecular weight is 349 g/mol. The third-order valence-electron chi connectivity index (χ3n) is 3.86. The molecule has 24 heavy (non-hydrogen) atoms. The Balaban J connectivity index is 1.75. The first-order chi connectivity index (χ1) is 11.6. The number of ether oxygens (including phenoxy) is 1. The molecular weight excluding hydrogens is 328 g/mol. The second-order valence-electron chi connectivity index (χ2n) is 5.86. The number of urea groups is 1. The Hall–Kier alpha value is -2.21. The van der Waals surface area contributed by atoms with Crippen LogP contribution in [0.3, 0.4) is 0 Å². The number of amides is 2. The molecule has 1 aromatic heterocycles. The number of rotatable bonds is 6. The largest absolute Gasteiger partial charge is 0.490 e. The number of para-hydroxylation sites is 1. The Morgan fingerprint density at radius 2 is 2.29 bits per heavy atom. The van der Waals surface area contributed by atoms with Crippen LogP contribution in [0.25, 0.3) is 0 Å². The van der Waals surface area contributed by atoms with Crippen LogP contribution in [0.2, 0.25) is 5.02 Å². The first-order valence-corrected chi connectivity index (χ1v) is 8.42. The Morgan fingerprint density at radius 3 is 2.92 bits per heavy atom. The van der Waals surface area contributed by atoms with E-state index in [0.29, 0.717) is 29.6 Å². The topological polar surface area (TPSA) is 59.4 Å². The number of halogens is 1. The van der Waals surface area contributed by atoms with Crippen LogP contribution in [0.15, 0.2) is 30.6 Å². The van der Waals surface area contributed by atoms with Crippen molar-refractivity contribution in [2.24, 2.45) is 7.05 Å². The maximum Gasteiger partial charge on any atom is 0.322 e. The summed E-state index contributed by atoms with van der Waals surface area (Å²) in [6.45, 7) is 2.90. The Kier molecular flexibility index (Phi) is 4.94. The molecule has 0 unspecified atom stereocenters.